The molecule has 0 bridgehead atoms. The minimum atomic E-state index is -0.682. The number of carbonyl (C=O) groups is 1. The number of benzene rings is 2. The van der Waals surface area contributed by atoms with Crippen LogP contribution in [0.15, 0.2) is 58.3 Å². The molecule has 2 aromatic heterocycles. The predicted molar refractivity (Wildman–Crippen MR) is 115 cm³/mol. The first-order chi connectivity index (χ1) is 14.5. The second kappa shape index (κ2) is 8.59. The van der Waals surface area contributed by atoms with Crippen molar-refractivity contribution in [2.45, 2.75) is 33.3 Å². The van der Waals surface area contributed by atoms with Crippen LogP contribution in [-0.4, -0.2) is 21.2 Å². The van der Waals surface area contributed by atoms with E-state index in [-0.39, 0.29) is 11.6 Å². The number of rotatable bonds is 6. The van der Waals surface area contributed by atoms with E-state index in [4.69, 9.17) is 9.15 Å². The smallest absolute Gasteiger partial charge is 0.358 e. The number of aryl methyl sites for hydroxylation is 2. The van der Waals surface area contributed by atoms with Gasteiger partial charge in [0, 0.05) is 16.5 Å². The Morgan fingerprint density at radius 2 is 1.77 bits per heavy atom. The molecule has 4 rings (SSSR count). The summed E-state index contributed by atoms with van der Waals surface area (Å²) in [6.07, 6.45) is 0.299. The maximum absolute atomic E-state index is 12.5. The van der Waals surface area contributed by atoms with E-state index in [1.165, 1.54) is 16.9 Å². The van der Waals surface area contributed by atoms with Crippen molar-refractivity contribution in [3.8, 4) is 22.0 Å². The van der Waals surface area contributed by atoms with E-state index in [1.807, 2.05) is 43.3 Å². The van der Waals surface area contributed by atoms with Crippen LogP contribution in [0.4, 0.5) is 0 Å². The summed E-state index contributed by atoms with van der Waals surface area (Å²) < 4.78 is 11.2. The summed E-state index contributed by atoms with van der Waals surface area (Å²) in [6, 6.07) is 15.9. The van der Waals surface area contributed by atoms with Crippen molar-refractivity contribution >= 4 is 17.3 Å². The summed E-state index contributed by atoms with van der Waals surface area (Å²) in [5.41, 5.74) is 4.46. The standard InChI is InChI=1S/C23H21N3O3S/c1-4-16-7-11-18(12-8-16)22-24-19(13-30-22)23(27)28-15(3)20-25-26-21(29-20)17-9-5-14(2)6-10-17/h5-13,15H,4H2,1-3H3/t15-/m1/s1. The zero-order chi connectivity index (χ0) is 21.1. The van der Waals surface area contributed by atoms with Crippen molar-refractivity contribution in [2.75, 3.05) is 0 Å². The number of nitrogens with zero attached hydrogens (tertiary/aromatic N) is 3. The van der Waals surface area contributed by atoms with E-state index >= 15 is 0 Å². The lowest BCUT2D eigenvalue weighted by Crippen LogP contribution is -2.10. The predicted octanol–water partition coefficient (Wildman–Crippen LogP) is 5.65. The summed E-state index contributed by atoms with van der Waals surface area (Å²) in [6.45, 7) is 5.82. The lowest BCUT2D eigenvalue weighted by Gasteiger charge is -2.07. The Hall–Kier alpha value is -3.32. The van der Waals surface area contributed by atoms with Gasteiger partial charge in [-0.05, 0) is 38.0 Å². The molecule has 0 fully saturated rings. The third kappa shape index (κ3) is 4.31. The van der Waals surface area contributed by atoms with Gasteiger partial charge in [-0.2, -0.15) is 0 Å². The summed E-state index contributed by atoms with van der Waals surface area (Å²) in [5.74, 6) is 0.106. The average molecular weight is 420 g/mol. The molecule has 0 radical (unpaired) electrons. The molecular weight excluding hydrogens is 398 g/mol. The summed E-state index contributed by atoms with van der Waals surface area (Å²) in [5, 5.41) is 10.5. The van der Waals surface area contributed by atoms with Gasteiger partial charge in [0.1, 0.15) is 5.01 Å². The number of carbonyl (C=O) groups excluding carboxylic acids is 1. The monoisotopic (exact) mass is 419 g/mol. The first-order valence-electron chi connectivity index (χ1n) is 9.69. The maximum atomic E-state index is 12.5. The Balaban J connectivity index is 1.44. The molecule has 0 amide bonds. The molecule has 152 valence electrons. The highest BCUT2D eigenvalue weighted by atomic mass is 32.1. The third-order valence-electron chi connectivity index (χ3n) is 4.69. The van der Waals surface area contributed by atoms with Gasteiger partial charge in [-0.15, -0.1) is 21.5 Å². The number of ether oxygens (including phenoxy) is 1. The van der Waals surface area contributed by atoms with E-state index in [2.05, 4.69) is 34.2 Å². The van der Waals surface area contributed by atoms with E-state index in [0.717, 1.165) is 28.1 Å². The van der Waals surface area contributed by atoms with Crippen molar-refractivity contribution < 1.29 is 13.9 Å². The second-order valence-corrected chi connectivity index (χ2v) is 7.81. The zero-order valence-corrected chi connectivity index (χ0v) is 17.8. The highest BCUT2D eigenvalue weighted by molar-refractivity contribution is 7.13. The van der Waals surface area contributed by atoms with Gasteiger partial charge in [0.15, 0.2) is 11.8 Å². The molecule has 2 aromatic carbocycles. The van der Waals surface area contributed by atoms with Crippen molar-refractivity contribution in [3.63, 3.8) is 0 Å². The molecule has 4 aromatic rings. The number of hydrogen-bond donors (Lipinski definition) is 0. The van der Waals surface area contributed by atoms with Gasteiger partial charge in [0.2, 0.25) is 5.89 Å². The largest absolute Gasteiger partial charge is 0.448 e. The SMILES string of the molecule is CCc1ccc(-c2nc(C(=O)O[C@H](C)c3nnc(-c4ccc(C)cc4)o3)cs2)cc1. The maximum Gasteiger partial charge on any atom is 0.358 e. The Morgan fingerprint density at radius 3 is 2.47 bits per heavy atom. The van der Waals surface area contributed by atoms with Crippen LogP contribution in [0.3, 0.4) is 0 Å². The number of aromatic nitrogens is 3. The third-order valence-corrected chi connectivity index (χ3v) is 5.58. The van der Waals surface area contributed by atoms with Crippen molar-refractivity contribution in [1.29, 1.82) is 0 Å². The molecule has 0 spiro atoms. The van der Waals surface area contributed by atoms with Crippen LogP contribution >= 0.6 is 11.3 Å². The normalized spacial score (nSPS) is 12.0. The van der Waals surface area contributed by atoms with Gasteiger partial charge < -0.3 is 9.15 Å². The van der Waals surface area contributed by atoms with Crippen molar-refractivity contribution in [2.24, 2.45) is 0 Å². The highest BCUT2D eigenvalue weighted by Gasteiger charge is 2.22. The summed E-state index contributed by atoms with van der Waals surface area (Å²) >= 11 is 1.41. The molecule has 30 heavy (non-hydrogen) atoms. The molecular formula is C23H21N3O3S. The molecule has 0 unspecified atom stereocenters. The number of hydrogen-bond acceptors (Lipinski definition) is 7. The molecule has 7 heteroatoms. The molecule has 6 nitrogen and oxygen atoms in total. The molecule has 0 aliphatic carbocycles. The molecule has 0 saturated carbocycles. The van der Waals surface area contributed by atoms with E-state index in [1.54, 1.807) is 12.3 Å². The number of thiazole rings is 1. The first kappa shape index (κ1) is 20.0. The van der Waals surface area contributed by atoms with E-state index in [9.17, 15) is 4.79 Å². The van der Waals surface area contributed by atoms with E-state index < -0.39 is 12.1 Å². The zero-order valence-electron chi connectivity index (χ0n) is 17.0. The van der Waals surface area contributed by atoms with Crippen molar-refractivity contribution in [3.05, 3.63) is 76.6 Å². The topological polar surface area (TPSA) is 78.1 Å². The second-order valence-electron chi connectivity index (χ2n) is 6.95. The van der Waals surface area contributed by atoms with Gasteiger partial charge in [0.25, 0.3) is 5.89 Å². The Morgan fingerprint density at radius 1 is 1.07 bits per heavy atom. The average Bonchev–Trinajstić information content (AvgIpc) is 3.45. The van der Waals surface area contributed by atoms with Crippen LogP contribution in [-0.2, 0) is 11.2 Å². The van der Waals surface area contributed by atoms with Gasteiger partial charge in [-0.3, -0.25) is 0 Å². The summed E-state index contributed by atoms with van der Waals surface area (Å²) in [4.78, 5) is 16.9. The lowest BCUT2D eigenvalue weighted by molar-refractivity contribution is 0.0274. The first-order valence-corrected chi connectivity index (χ1v) is 10.6. The minimum Gasteiger partial charge on any atom is -0.448 e. The molecule has 0 aliphatic rings. The minimum absolute atomic E-state index is 0.240. The fourth-order valence-corrected chi connectivity index (χ4v) is 3.66. The van der Waals surface area contributed by atoms with E-state index in [0.29, 0.717) is 5.89 Å². The van der Waals surface area contributed by atoms with Crippen LogP contribution in [0.5, 0.6) is 0 Å². The van der Waals surface area contributed by atoms with Crippen LogP contribution in [0.25, 0.3) is 22.0 Å². The van der Waals surface area contributed by atoms with Gasteiger partial charge in [-0.25, -0.2) is 9.78 Å². The van der Waals surface area contributed by atoms with Gasteiger partial charge >= 0.3 is 5.97 Å². The molecule has 0 saturated heterocycles. The quantitative estimate of drug-likeness (QED) is 0.376. The molecule has 0 N–H and O–H groups in total. The molecule has 1 atom stereocenters. The fraction of sp³-hybridized carbons (Fsp3) is 0.217. The molecule has 0 aliphatic heterocycles. The van der Waals surface area contributed by atoms with Crippen LogP contribution in [0.2, 0.25) is 0 Å². The lowest BCUT2D eigenvalue weighted by atomic mass is 10.1. The van der Waals surface area contributed by atoms with Crippen LogP contribution in [0, 0.1) is 6.92 Å². The van der Waals surface area contributed by atoms with Crippen molar-refractivity contribution in [1.82, 2.24) is 15.2 Å². The summed E-state index contributed by atoms with van der Waals surface area (Å²) in [7, 11) is 0. The highest BCUT2D eigenvalue weighted by Crippen LogP contribution is 2.27. The Bertz CT molecular complexity index is 1150. The van der Waals surface area contributed by atoms with Gasteiger partial charge in [-0.1, -0.05) is 48.9 Å². The fourth-order valence-electron chi connectivity index (χ4n) is 2.87. The Labute approximate surface area is 178 Å². The molecule has 2 heterocycles. The van der Waals surface area contributed by atoms with Gasteiger partial charge in [0.05, 0.1) is 0 Å². The number of esters is 1. The van der Waals surface area contributed by atoms with Crippen LogP contribution in [0.1, 0.15) is 47.5 Å². The van der Waals surface area contributed by atoms with Crippen LogP contribution < -0.4 is 0 Å². The Kier molecular flexibility index (Phi) is 5.72.